The van der Waals surface area contributed by atoms with Crippen molar-refractivity contribution in [3.63, 3.8) is 0 Å². The molecule has 0 fully saturated rings. The Morgan fingerprint density at radius 1 is 1.12 bits per heavy atom. The number of aromatic nitrogens is 3. The highest BCUT2D eigenvalue weighted by Gasteiger charge is 2.19. The molecule has 12 heteroatoms. The molecule has 4 aromatic rings. The lowest BCUT2D eigenvalue weighted by Gasteiger charge is -2.09. The van der Waals surface area contributed by atoms with E-state index in [1.807, 2.05) is 0 Å². The summed E-state index contributed by atoms with van der Waals surface area (Å²) in [6, 6.07) is 14.8. The van der Waals surface area contributed by atoms with E-state index in [9.17, 15) is 28.1 Å². The van der Waals surface area contributed by atoms with Gasteiger partial charge >= 0.3 is 5.69 Å². The average Bonchev–Trinajstić information content (AvgIpc) is 3.08. The summed E-state index contributed by atoms with van der Waals surface area (Å²) in [5, 5.41) is 18.0. The molecule has 11 nitrogen and oxygen atoms in total. The summed E-state index contributed by atoms with van der Waals surface area (Å²) in [5.41, 5.74) is 0.537. The molecule has 2 heterocycles. The van der Waals surface area contributed by atoms with Crippen LogP contribution in [0.5, 0.6) is 0 Å². The minimum absolute atomic E-state index is 0.152. The lowest BCUT2D eigenvalue weighted by Crippen LogP contribution is -2.21. The first kappa shape index (κ1) is 21.9. The van der Waals surface area contributed by atoms with Crippen LogP contribution in [0.2, 0.25) is 0 Å². The molecule has 33 heavy (non-hydrogen) atoms. The van der Waals surface area contributed by atoms with Crippen LogP contribution in [0.25, 0.3) is 5.65 Å². The van der Waals surface area contributed by atoms with E-state index in [0.29, 0.717) is 16.9 Å². The molecule has 0 atom stereocenters. The first-order valence-electron chi connectivity index (χ1n) is 9.56. The fourth-order valence-electron chi connectivity index (χ4n) is 3.23. The van der Waals surface area contributed by atoms with Crippen LogP contribution in [0.1, 0.15) is 15.9 Å². The maximum atomic E-state index is 12.7. The summed E-state index contributed by atoms with van der Waals surface area (Å²) in [7, 11) is -3.77. The number of non-ortho nitro benzene ring substituents is 1. The largest absolute Gasteiger partial charge is 0.350 e. The van der Waals surface area contributed by atoms with Crippen molar-refractivity contribution in [2.45, 2.75) is 11.4 Å². The van der Waals surface area contributed by atoms with Gasteiger partial charge in [0.05, 0.1) is 16.4 Å². The number of hydrogen-bond donors (Lipinski definition) is 1. The fourth-order valence-corrected chi connectivity index (χ4v) is 3.90. The molecule has 0 saturated carbocycles. The monoisotopic (exact) mass is 467 g/mol. The number of benzene rings is 2. The summed E-state index contributed by atoms with van der Waals surface area (Å²) in [6.45, 7) is 0.152. The van der Waals surface area contributed by atoms with E-state index in [-0.39, 0.29) is 22.7 Å². The van der Waals surface area contributed by atoms with E-state index in [4.69, 9.17) is 0 Å². The van der Waals surface area contributed by atoms with Gasteiger partial charge in [0.15, 0.2) is 15.5 Å². The molecule has 0 radical (unpaired) electrons. The fraction of sp³-hybridized carbons (Fsp3) is 0.0952. The van der Waals surface area contributed by atoms with Gasteiger partial charge in [0.2, 0.25) is 0 Å². The van der Waals surface area contributed by atoms with Crippen molar-refractivity contribution in [1.29, 1.82) is 0 Å². The Kier molecular flexibility index (Phi) is 5.52. The second kappa shape index (κ2) is 8.31. The van der Waals surface area contributed by atoms with Gasteiger partial charge in [-0.3, -0.25) is 19.3 Å². The Balaban J connectivity index is 1.60. The lowest BCUT2D eigenvalue weighted by atomic mass is 10.1. The first-order valence-corrected chi connectivity index (χ1v) is 11.4. The highest BCUT2D eigenvalue weighted by molar-refractivity contribution is 7.90. The standard InChI is InChI=1S/C21H17N5O6S/c1-33(31,32)18-11-15(10-17(12-18)26(29)30)20(27)22-16-6-4-5-14(9-16)13-25-21(28)24-8-3-2-7-19(24)23-25/h2-12H,13H2,1H3,(H,22,27). The summed E-state index contributed by atoms with van der Waals surface area (Å²) in [6.07, 6.45) is 2.51. The molecule has 0 aliphatic heterocycles. The number of rotatable bonds is 6. The van der Waals surface area contributed by atoms with Crippen LogP contribution in [-0.4, -0.2) is 39.7 Å². The normalized spacial score (nSPS) is 11.4. The Labute approximate surface area is 187 Å². The van der Waals surface area contributed by atoms with E-state index in [1.54, 1.807) is 48.7 Å². The van der Waals surface area contributed by atoms with Gasteiger partial charge in [-0.05, 0) is 35.9 Å². The molecule has 0 spiro atoms. The summed E-state index contributed by atoms with van der Waals surface area (Å²) in [5.74, 6) is -0.717. The van der Waals surface area contributed by atoms with Crippen molar-refractivity contribution in [2.75, 3.05) is 11.6 Å². The van der Waals surface area contributed by atoms with Crippen molar-refractivity contribution >= 4 is 32.8 Å². The maximum Gasteiger partial charge on any atom is 0.350 e. The van der Waals surface area contributed by atoms with Crippen molar-refractivity contribution < 1.29 is 18.1 Å². The molecule has 2 aromatic heterocycles. The third-order valence-corrected chi connectivity index (χ3v) is 5.89. The average molecular weight is 467 g/mol. The van der Waals surface area contributed by atoms with Gasteiger partial charge in [-0.25, -0.2) is 17.9 Å². The van der Waals surface area contributed by atoms with Gasteiger partial charge in [-0.1, -0.05) is 18.2 Å². The van der Waals surface area contributed by atoms with Crippen molar-refractivity contribution in [1.82, 2.24) is 14.2 Å². The molecule has 0 aliphatic carbocycles. The molecule has 4 rings (SSSR count). The van der Waals surface area contributed by atoms with E-state index < -0.39 is 26.4 Å². The second-order valence-electron chi connectivity index (χ2n) is 7.27. The van der Waals surface area contributed by atoms with Crippen LogP contribution >= 0.6 is 0 Å². The van der Waals surface area contributed by atoms with E-state index >= 15 is 0 Å². The number of nitrogens with one attached hydrogen (secondary N) is 1. The van der Waals surface area contributed by atoms with Crippen molar-refractivity contribution in [3.05, 3.63) is 98.6 Å². The highest BCUT2D eigenvalue weighted by Crippen LogP contribution is 2.22. The lowest BCUT2D eigenvalue weighted by molar-refractivity contribution is -0.385. The zero-order valence-corrected chi connectivity index (χ0v) is 18.0. The number of amides is 1. The Morgan fingerprint density at radius 2 is 1.91 bits per heavy atom. The zero-order chi connectivity index (χ0) is 23.8. The van der Waals surface area contributed by atoms with E-state index in [1.165, 1.54) is 9.08 Å². The molecule has 0 aliphatic rings. The number of carbonyl (C=O) groups excluding carboxylic acids is 1. The smallest absolute Gasteiger partial charge is 0.322 e. The Bertz CT molecular complexity index is 1570. The predicted octanol–water partition coefficient (Wildman–Crippen LogP) is 2.11. The van der Waals surface area contributed by atoms with Gasteiger partial charge in [-0.2, -0.15) is 0 Å². The van der Waals surface area contributed by atoms with Gasteiger partial charge in [-0.15, -0.1) is 5.10 Å². The predicted molar refractivity (Wildman–Crippen MR) is 119 cm³/mol. The number of pyridine rings is 1. The maximum absolute atomic E-state index is 12.7. The number of sulfone groups is 1. The van der Waals surface area contributed by atoms with Crippen LogP contribution in [0, 0.1) is 10.1 Å². The van der Waals surface area contributed by atoms with E-state index in [2.05, 4.69) is 10.4 Å². The number of fused-ring (bicyclic) bond motifs is 1. The second-order valence-corrected chi connectivity index (χ2v) is 9.28. The molecule has 0 bridgehead atoms. The van der Waals surface area contributed by atoms with Gasteiger partial charge in [0, 0.05) is 35.8 Å². The quantitative estimate of drug-likeness (QED) is 0.337. The summed E-state index contributed by atoms with van der Waals surface area (Å²) in [4.78, 5) is 35.3. The van der Waals surface area contributed by atoms with Crippen molar-refractivity contribution in [2.24, 2.45) is 0 Å². The Hall–Kier alpha value is -4.32. The van der Waals surface area contributed by atoms with Crippen LogP contribution < -0.4 is 11.0 Å². The summed E-state index contributed by atoms with van der Waals surface area (Å²) >= 11 is 0. The van der Waals surface area contributed by atoms with Crippen molar-refractivity contribution in [3.8, 4) is 0 Å². The van der Waals surface area contributed by atoms with E-state index in [0.717, 1.165) is 24.5 Å². The van der Waals surface area contributed by atoms with Crippen LogP contribution in [0.15, 0.2) is 76.6 Å². The SMILES string of the molecule is CS(=O)(=O)c1cc(C(=O)Nc2cccc(Cn3nc4ccccn4c3=O)c2)cc([N+](=O)[O-])c1. The molecule has 2 aromatic carbocycles. The minimum Gasteiger partial charge on any atom is -0.322 e. The molecule has 0 saturated heterocycles. The Morgan fingerprint density at radius 3 is 2.61 bits per heavy atom. The number of carbonyl (C=O) groups is 1. The molecule has 0 unspecified atom stereocenters. The highest BCUT2D eigenvalue weighted by atomic mass is 32.2. The molecule has 168 valence electrons. The number of nitro groups is 1. The molecule has 1 amide bonds. The number of nitro benzene ring substituents is 1. The van der Waals surface area contributed by atoms with Gasteiger partial charge in [0.25, 0.3) is 11.6 Å². The summed E-state index contributed by atoms with van der Waals surface area (Å²) < 4.78 is 26.4. The zero-order valence-electron chi connectivity index (χ0n) is 17.2. The van der Waals surface area contributed by atoms with Crippen LogP contribution in [0.4, 0.5) is 11.4 Å². The number of anilines is 1. The third kappa shape index (κ3) is 4.65. The minimum atomic E-state index is -3.77. The van der Waals surface area contributed by atoms with Gasteiger partial charge < -0.3 is 5.32 Å². The number of hydrogen-bond acceptors (Lipinski definition) is 7. The number of nitrogens with zero attached hydrogens (tertiary/aromatic N) is 4. The third-order valence-electron chi connectivity index (χ3n) is 4.80. The van der Waals surface area contributed by atoms with Crippen LogP contribution in [0.3, 0.4) is 0 Å². The van der Waals surface area contributed by atoms with Crippen LogP contribution in [-0.2, 0) is 16.4 Å². The first-order chi connectivity index (χ1) is 15.6. The van der Waals surface area contributed by atoms with Gasteiger partial charge in [0.1, 0.15) is 0 Å². The molecular formula is C21H17N5O6S. The molecular weight excluding hydrogens is 450 g/mol. The molecule has 1 N–H and O–H groups in total. The topological polar surface area (TPSA) is 146 Å².